The van der Waals surface area contributed by atoms with Gasteiger partial charge in [0.05, 0.1) is 5.56 Å². The zero-order valence-corrected chi connectivity index (χ0v) is 8.69. The molecule has 0 aliphatic heterocycles. The summed E-state index contributed by atoms with van der Waals surface area (Å²) >= 11 is 3.12. The molecule has 0 aliphatic carbocycles. The molecule has 0 heterocycles. The van der Waals surface area contributed by atoms with Crippen molar-refractivity contribution in [3.8, 4) is 0 Å². The Morgan fingerprint density at radius 2 is 1.93 bits per heavy atom. The van der Waals surface area contributed by atoms with E-state index in [1.165, 1.54) is 6.07 Å². The molecule has 14 heavy (non-hydrogen) atoms. The molecule has 0 saturated carbocycles. The monoisotopic (exact) mass is 268 g/mol. The van der Waals surface area contributed by atoms with Crippen LogP contribution in [-0.4, -0.2) is 11.7 Å². The maximum atomic E-state index is 12.3. The Bertz CT molecular complexity index is 322. The summed E-state index contributed by atoms with van der Waals surface area (Å²) in [5.41, 5.74) is -0.230. The van der Waals surface area contributed by atoms with Crippen LogP contribution in [0.2, 0.25) is 0 Å². The Hall–Kier alpha value is -0.550. The van der Waals surface area contributed by atoms with Gasteiger partial charge in [0.25, 0.3) is 0 Å². The number of hydrogen-bond acceptors (Lipinski definition) is 1. The van der Waals surface area contributed by atoms with Crippen molar-refractivity contribution in [1.29, 1.82) is 0 Å². The van der Waals surface area contributed by atoms with E-state index in [9.17, 15) is 13.2 Å². The molecule has 1 rings (SSSR count). The highest BCUT2D eigenvalue weighted by Crippen LogP contribution is 2.31. The predicted octanol–water partition coefficient (Wildman–Crippen LogP) is 3.00. The van der Waals surface area contributed by atoms with Crippen LogP contribution in [0.3, 0.4) is 0 Å². The maximum Gasteiger partial charge on any atom is 0.416 e. The third-order valence-corrected chi connectivity index (χ3v) is 2.53. The molecule has 0 radical (unpaired) electrons. The first-order valence-corrected chi connectivity index (χ1v) is 4.71. The van der Waals surface area contributed by atoms with Crippen LogP contribution in [-0.2, 0) is 12.6 Å². The van der Waals surface area contributed by atoms with Crippen LogP contribution in [0.25, 0.3) is 0 Å². The van der Waals surface area contributed by atoms with Crippen molar-refractivity contribution in [1.82, 2.24) is 0 Å². The summed E-state index contributed by atoms with van der Waals surface area (Å²) in [6, 6.07) is 3.39. The molecule has 0 bridgehead atoms. The highest BCUT2D eigenvalue weighted by Gasteiger charge is 2.30. The van der Waals surface area contributed by atoms with Crippen molar-refractivity contribution < 1.29 is 18.3 Å². The van der Waals surface area contributed by atoms with E-state index in [0.29, 0.717) is 10.0 Å². The molecule has 1 nitrogen and oxygen atoms in total. The van der Waals surface area contributed by atoms with Crippen molar-refractivity contribution in [2.75, 3.05) is 6.61 Å². The van der Waals surface area contributed by atoms with Gasteiger partial charge < -0.3 is 5.11 Å². The van der Waals surface area contributed by atoms with Crippen molar-refractivity contribution in [2.24, 2.45) is 0 Å². The van der Waals surface area contributed by atoms with E-state index >= 15 is 0 Å². The van der Waals surface area contributed by atoms with E-state index in [-0.39, 0.29) is 13.0 Å². The molecule has 0 amide bonds. The molecule has 1 N–H and O–H groups in total. The van der Waals surface area contributed by atoms with Crippen molar-refractivity contribution in [3.05, 3.63) is 33.8 Å². The summed E-state index contributed by atoms with van der Waals surface area (Å²) in [6.45, 7) is -0.167. The predicted molar refractivity (Wildman–Crippen MR) is 49.9 cm³/mol. The molecule has 78 valence electrons. The molecule has 0 atom stereocenters. The molecule has 0 unspecified atom stereocenters. The third kappa shape index (κ3) is 2.72. The smallest absolute Gasteiger partial charge is 0.396 e. The van der Waals surface area contributed by atoms with Crippen LogP contribution in [0.15, 0.2) is 22.7 Å². The molecule has 1 aromatic rings. The fourth-order valence-corrected chi connectivity index (χ4v) is 1.51. The Morgan fingerprint density at radius 3 is 2.43 bits per heavy atom. The van der Waals surface area contributed by atoms with Gasteiger partial charge in [-0.2, -0.15) is 13.2 Å². The summed E-state index contributed by atoms with van der Waals surface area (Å²) in [5.74, 6) is 0. The van der Waals surface area contributed by atoms with Gasteiger partial charge in [0.1, 0.15) is 0 Å². The van der Waals surface area contributed by atoms with Gasteiger partial charge in [0.2, 0.25) is 0 Å². The number of rotatable bonds is 2. The van der Waals surface area contributed by atoms with E-state index in [2.05, 4.69) is 15.9 Å². The van der Waals surface area contributed by atoms with Gasteiger partial charge in [0, 0.05) is 11.1 Å². The van der Waals surface area contributed by atoms with E-state index < -0.39 is 11.7 Å². The number of aliphatic hydroxyl groups is 1. The number of hydrogen-bond donors (Lipinski definition) is 1. The van der Waals surface area contributed by atoms with Gasteiger partial charge in [-0.1, -0.05) is 15.9 Å². The molecular formula is C9H8BrF3O. The first-order chi connectivity index (χ1) is 6.45. The highest BCUT2D eigenvalue weighted by atomic mass is 79.9. The molecule has 0 aromatic heterocycles. The van der Waals surface area contributed by atoms with Gasteiger partial charge in [-0.05, 0) is 30.2 Å². The summed E-state index contributed by atoms with van der Waals surface area (Å²) in [5, 5.41) is 8.64. The van der Waals surface area contributed by atoms with Gasteiger partial charge in [-0.15, -0.1) is 0 Å². The van der Waals surface area contributed by atoms with Gasteiger partial charge in [-0.3, -0.25) is 0 Å². The first-order valence-electron chi connectivity index (χ1n) is 3.91. The summed E-state index contributed by atoms with van der Waals surface area (Å²) in [7, 11) is 0. The van der Waals surface area contributed by atoms with E-state index in [0.717, 1.165) is 12.1 Å². The second-order valence-electron chi connectivity index (χ2n) is 2.78. The molecule has 0 spiro atoms. The summed E-state index contributed by atoms with van der Waals surface area (Å²) in [4.78, 5) is 0. The number of alkyl halides is 3. The molecule has 5 heteroatoms. The molecular weight excluding hydrogens is 261 g/mol. The molecule has 0 fully saturated rings. The lowest BCUT2D eigenvalue weighted by molar-refractivity contribution is -0.137. The Kier molecular flexibility index (Phi) is 3.55. The fourth-order valence-electron chi connectivity index (χ4n) is 1.06. The zero-order chi connectivity index (χ0) is 10.8. The number of halogens is 4. The molecule has 0 saturated heterocycles. The van der Waals surface area contributed by atoms with Crippen LogP contribution >= 0.6 is 15.9 Å². The van der Waals surface area contributed by atoms with Crippen LogP contribution in [0.4, 0.5) is 13.2 Å². The topological polar surface area (TPSA) is 20.2 Å². The lowest BCUT2D eigenvalue weighted by Crippen LogP contribution is -2.06. The fraction of sp³-hybridized carbons (Fsp3) is 0.333. The maximum absolute atomic E-state index is 12.3. The normalized spacial score (nSPS) is 11.8. The quantitative estimate of drug-likeness (QED) is 0.875. The SMILES string of the molecule is OCCc1cc(C(F)(F)F)ccc1Br. The lowest BCUT2D eigenvalue weighted by Gasteiger charge is -2.09. The summed E-state index contributed by atoms with van der Waals surface area (Å²) in [6.07, 6.45) is -4.12. The zero-order valence-electron chi connectivity index (χ0n) is 7.11. The second-order valence-corrected chi connectivity index (χ2v) is 3.63. The Morgan fingerprint density at radius 1 is 1.29 bits per heavy atom. The van der Waals surface area contributed by atoms with Crippen LogP contribution in [0, 0.1) is 0 Å². The minimum Gasteiger partial charge on any atom is -0.396 e. The largest absolute Gasteiger partial charge is 0.416 e. The minimum absolute atomic E-state index is 0.167. The minimum atomic E-state index is -4.33. The highest BCUT2D eigenvalue weighted by molar-refractivity contribution is 9.10. The summed E-state index contributed by atoms with van der Waals surface area (Å²) < 4.78 is 37.4. The molecule has 1 aromatic carbocycles. The van der Waals surface area contributed by atoms with Crippen molar-refractivity contribution in [2.45, 2.75) is 12.6 Å². The Balaban J connectivity index is 3.06. The third-order valence-electron chi connectivity index (χ3n) is 1.75. The standard InChI is InChI=1S/C9H8BrF3O/c10-8-2-1-7(9(11,12)13)5-6(8)3-4-14/h1-2,5,14H,3-4H2. The average Bonchev–Trinajstić information content (AvgIpc) is 2.07. The number of benzene rings is 1. The lowest BCUT2D eigenvalue weighted by atomic mass is 10.1. The Labute approximate surface area is 87.7 Å². The number of aliphatic hydroxyl groups excluding tert-OH is 1. The second kappa shape index (κ2) is 4.31. The van der Waals surface area contributed by atoms with Gasteiger partial charge in [0.15, 0.2) is 0 Å². The average molecular weight is 269 g/mol. The van der Waals surface area contributed by atoms with E-state index in [1.807, 2.05) is 0 Å². The van der Waals surface area contributed by atoms with Crippen molar-refractivity contribution >= 4 is 15.9 Å². The van der Waals surface area contributed by atoms with Crippen LogP contribution in [0.1, 0.15) is 11.1 Å². The van der Waals surface area contributed by atoms with Crippen LogP contribution < -0.4 is 0 Å². The van der Waals surface area contributed by atoms with Gasteiger partial charge in [-0.25, -0.2) is 0 Å². The van der Waals surface area contributed by atoms with Crippen LogP contribution in [0.5, 0.6) is 0 Å². The van der Waals surface area contributed by atoms with E-state index in [1.54, 1.807) is 0 Å². The first kappa shape index (κ1) is 11.5. The van der Waals surface area contributed by atoms with Gasteiger partial charge >= 0.3 is 6.18 Å². The van der Waals surface area contributed by atoms with Crippen molar-refractivity contribution in [3.63, 3.8) is 0 Å². The van der Waals surface area contributed by atoms with E-state index in [4.69, 9.17) is 5.11 Å². The molecule has 0 aliphatic rings.